The summed E-state index contributed by atoms with van der Waals surface area (Å²) >= 11 is 5.96. The van der Waals surface area contributed by atoms with Gasteiger partial charge in [0.05, 0.1) is 7.11 Å². The highest BCUT2D eigenvalue weighted by Crippen LogP contribution is 2.28. The molecule has 0 aliphatic carbocycles. The highest BCUT2D eigenvalue weighted by atomic mass is 35.5. The van der Waals surface area contributed by atoms with Gasteiger partial charge in [-0.05, 0) is 61.9 Å². The number of rotatable bonds is 5. The van der Waals surface area contributed by atoms with Crippen molar-refractivity contribution < 1.29 is 13.9 Å². The Morgan fingerprint density at radius 1 is 1.08 bits per heavy atom. The number of hydrogen-bond acceptors (Lipinski definition) is 5. The zero-order valence-electron chi connectivity index (χ0n) is 13.6. The molecule has 5 nitrogen and oxygen atoms in total. The summed E-state index contributed by atoms with van der Waals surface area (Å²) in [5.74, 6) is 2.36. The molecule has 0 saturated carbocycles. The number of aryl methyl sites for hydroxylation is 1. The Kier molecular flexibility index (Phi) is 4.71. The van der Waals surface area contributed by atoms with Crippen LogP contribution in [-0.4, -0.2) is 17.3 Å². The number of ether oxygens (including phenoxy) is 2. The van der Waals surface area contributed by atoms with Crippen LogP contribution in [0, 0.1) is 6.92 Å². The second-order valence-electron chi connectivity index (χ2n) is 5.34. The number of benzene rings is 2. The second-order valence-corrected chi connectivity index (χ2v) is 5.78. The number of methoxy groups -OCH3 is 1. The van der Waals surface area contributed by atoms with Crippen molar-refractivity contribution in [2.75, 3.05) is 7.11 Å². The fourth-order valence-corrected chi connectivity index (χ4v) is 2.46. The van der Waals surface area contributed by atoms with Gasteiger partial charge in [0.15, 0.2) is 6.10 Å². The summed E-state index contributed by atoms with van der Waals surface area (Å²) < 4.78 is 16.8. The molecular formula is C18H17ClN2O3. The summed E-state index contributed by atoms with van der Waals surface area (Å²) in [7, 11) is 1.62. The summed E-state index contributed by atoms with van der Waals surface area (Å²) in [6.45, 7) is 3.80. The first-order valence-corrected chi connectivity index (χ1v) is 7.85. The van der Waals surface area contributed by atoms with Crippen molar-refractivity contribution in [1.82, 2.24) is 10.2 Å². The van der Waals surface area contributed by atoms with Crippen LogP contribution in [0.2, 0.25) is 5.02 Å². The minimum atomic E-state index is -0.371. The summed E-state index contributed by atoms with van der Waals surface area (Å²) in [6, 6.07) is 12.9. The van der Waals surface area contributed by atoms with Crippen molar-refractivity contribution in [1.29, 1.82) is 0 Å². The molecule has 24 heavy (non-hydrogen) atoms. The van der Waals surface area contributed by atoms with Gasteiger partial charge in [-0.15, -0.1) is 10.2 Å². The predicted molar refractivity (Wildman–Crippen MR) is 91.5 cm³/mol. The molecular weight excluding hydrogens is 328 g/mol. The lowest BCUT2D eigenvalue weighted by molar-refractivity contribution is 0.188. The van der Waals surface area contributed by atoms with Gasteiger partial charge in [-0.25, -0.2) is 0 Å². The van der Waals surface area contributed by atoms with Crippen molar-refractivity contribution in [3.63, 3.8) is 0 Å². The van der Waals surface area contributed by atoms with Crippen molar-refractivity contribution in [2.24, 2.45) is 0 Å². The first-order chi connectivity index (χ1) is 11.6. The van der Waals surface area contributed by atoms with Crippen molar-refractivity contribution in [2.45, 2.75) is 20.0 Å². The highest BCUT2D eigenvalue weighted by molar-refractivity contribution is 6.30. The lowest BCUT2D eigenvalue weighted by Gasteiger charge is -2.13. The van der Waals surface area contributed by atoms with E-state index >= 15 is 0 Å². The molecule has 0 radical (unpaired) electrons. The van der Waals surface area contributed by atoms with Crippen LogP contribution in [0.25, 0.3) is 11.5 Å². The molecule has 0 unspecified atom stereocenters. The van der Waals surface area contributed by atoms with E-state index < -0.39 is 0 Å². The topological polar surface area (TPSA) is 57.4 Å². The van der Waals surface area contributed by atoms with Crippen LogP contribution >= 0.6 is 11.6 Å². The van der Waals surface area contributed by atoms with E-state index in [1.165, 1.54) is 0 Å². The third-order valence-corrected chi connectivity index (χ3v) is 3.80. The normalized spacial score (nSPS) is 12.0. The van der Waals surface area contributed by atoms with Crippen molar-refractivity contribution in [3.05, 3.63) is 58.9 Å². The lowest BCUT2D eigenvalue weighted by Crippen LogP contribution is -2.04. The van der Waals surface area contributed by atoms with Crippen LogP contribution in [0.3, 0.4) is 0 Å². The average Bonchev–Trinajstić information content (AvgIpc) is 3.07. The zero-order valence-corrected chi connectivity index (χ0v) is 14.4. The molecule has 0 aliphatic heterocycles. The van der Waals surface area contributed by atoms with Crippen LogP contribution in [0.15, 0.2) is 46.9 Å². The fraction of sp³-hybridized carbons (Fsp3) is 0.222. The summed E-state index contributed by atoms with van der Waals surface area (Å²) in [6.07, 6.45) is -0.371. The largest absolute Gasteiger partial charge is 0.497 e. The third-order valence-electron chi connectivity index (χ3n) is 3.57. The SMILES string of the molecule is COc1ccc(-c2nnc([C@H](C)Oc3ccc(Cl)cc3C)o2)cc1. The minimum absolute atomic E-state index is 0.371. The van der Waals surface area contributed by atoms with Crippen LogP contribution in [0.1, 0.15) is 24.5 Å². The van der Waals surface area contributed by atoms with E-state index in [-0.39, 0.29) is 6.10 Å². The Morgan fingerprint density at radius 3 is 2.50 bits per heavy atom. The molecule has 3 rings (SSSR count). The molecule has 0 amide bonds. The number of aromatic nitrogens is 2. The fourth-order valence-electron chi connectivity index (χ4n) is 2.24. The molecule has 0 aliphatic rings. The van der Waals surface area contributed by atoms with Crippen LogP contribution < -0.4 is 9.47 Å². The molecule has 0 spiro atoms. The van der Waals surface area contributed by atoms with Crippen molar-refractivity contribution in [3.8, 4) is 23.0 Å². The molecule has 6 heteroatoms. The highest BCUT2D eigenvalue weighted by Gasteiger charge is 2.17. The molecule has 0 bridgehead atoms. The molecule has 1 aromatic heterocycles. The number of nitrogens with zero attached hydrogens (tertiary/aromatic N) is 2. The van der Waals surface area contributed by atoms with Gasteiger partial charge in [0.2, 0.25) is 5.89 Å². The molecule has 0 N–H and O–H groups in total. The third kappa shape index (κ3) is 3.51. The van der Waals surface area contributed by atoms with E-state index in [0.717, 1.165) is 22.6 Å². The second kappa shape index (κ2) is 6.93. The van der Waals surface area contributed by atoms with Crippen LogP contribution in [0.5, 0.6) is 11.5 Å². The van der Waals surface area contributed by atoms with E-state index in [1.54, 1.807) is 13.2 Å². The standard InChI is InChI=1S/C18H17ClN2O3/c1-11-10-14(19)6-9-16(11)23-12(2)17-20-21-18(24-17)13-4-7-15(22-3)8-5-13/h4-10,12H,1-3H3/t12-/m0/s1. The van der Waals surface area contributed by atoms with Gasteiger partial charge in [0, 0.05) is 10.6 Å². The molecule has 3 aromatic rings. The molecule has 1 heterocycles. The Balaban J connectivity index is 1.76. The summed E-state index contributed by atoms with van der Waals surface area (Å²) in [4.78, 5) is 0. The van der Waals surface area contributed by atoms with Crippen LogP contribution in [0.4, 0.5) is 0 Å². The predicted octanol–water partition coefficient (Wildman–Crippen LogP) is 4.85. The van der Waals surface area contributed by atoms with Crippen molar-refractivity contribution >= 4 is 11.6 Å². The van der Waals surface area contributed by atoms with Gasteiger partial charge in [0.1, 0.15) is 11.5 Å². The first-order valence-electron chi connectivity index (χ1n) is 7.47. The maximum Gasteiger partial charge on any atom is 0.257 e. The average molecular weight is 345 g/mol. The van der Waals surface area contributed by atoms with E-state index in [9.17, 15) is 0 Å². The molecule has 0 fully saturated rings. The van der Waals surface area contributed by atoms with Gasteiger partial charge in [-0.3, -0.25) is 0 Å². The number of hydrogen-bond donors (Lipinski definition) is 0. The maximum absolute atomic E-state index is 5.96. The van der Waals surface area contributed by atoms with E-state index in [1.807, 2.05) is 50.2 Å². The van der Waals surface area contributed by atoms with Gasteiger partial charge in [-0.1, -0.05) is 11.6 Å². The first kappa shape index (κ1) is 16.3. The van der Waals surface area contributed by atoms with E-state index in [2.05, 4.69) is 10.2 Å². The maximum atomic E-state index is 5.96. The molecule has 124 valence electrons. The summed E-state index contributed by atoms with van der Waals surface area (Å²) in [5, 5.41) is 8.84. The Hall–Kier alpha value is -2.53. The lowest BCUT2D eigenvalue weighted by atomic mass is 10.2. The van der Waals surface area contributed by atoms with Gasteiger partial charge in [0.25, 0.3) is 5.89 Å². The van der Waals surface area contributed by atoms with Gasteiger partial charge >= 0.3 is 0 Å². The Bertz CT molecular complexity index is 831. The van der Waals surface area contributed by atoms with Gasteiger partial charge < -0.3 is 13.9 Å². The van der Waals surface area contributed by atoms with E-state index in [4.69, 9.17) is 25.5 Å². The molecule has 0 saturated heterocycles. The molecule has 2 aromatic carbocycles. The summed E-state index contributed by atoms with van der Waals surface area (Å²) in [5.41, 5.74) is 1.77. The quantitative estimate of drug-likeness (QED) is 0.662. The molecule has 1 atom stereocenters. The zero-order chi connectivity index (χ0) is 17.1. The van der Waals surface area contributed by atoms with Crippen LogP contribution in [-0.2, 0) is 0 Å². The Labute approximate surface area is 145 Å². The van der Waals surface area contributed by atoms with E-state index in [0.29, 0.717) is 16.8 Å². The Morgan fingerprint density at radius 2 is 1.83 bits per heavy atom. The smallest absolute Gasteiger partial charge is 0.257 e. The minimum Gasteiger partial charge on any atom is -0.497 e. The monoisotopic (exact) mass is 344 g/mol. The van der Waals surface area contributed by atoms with Gasteiger partial charge in [-0.2, -0.15) is 0 Å². The number of halogens is 1.